The van der Waals surface area contributed by atoms with E-state index in [1.54, 1.807) is 0 Å². The van der Waals surface area contributed by atoms with Crippen LogP contribution in [-0.4, -0.2) is 52.4 Å². The number of hydrogen-bond donors (Lipinski definition) is 0. The van der Waals surface area contributed by atoms with E-state index in [1.807, 2.05) is 0 Å². The Morgan fingerprint density at radius 2 is 0.534 bits per heavy atom. The van der Waals surface area contributed by atoms with Gasteiger partial charge in [0.05, 0.1) is 36.2 Å². The van der Waals surface area contributed by atoms with Crippen LogP contribution in [0.25, 0.3) is 5.53 Å². The maximum Gasteiger partial charge on any atom is 0.504 e. The lowest BCUT2D eigenvalue weighted by molar-refractivity contribution is 0.00380. The first-order chi connectivity index (χ1) is 35.7. The molecular weight excluding hydrogens is 953 g/mol. The highest BCUT2D eigenvalue weighted by Gasteiger charge is 2.45. The molecule has 0 spiro atoms. The molecule has 0 saturated carbocycles. The Morgan fingerprint density at radius 3 is 0.753 bits per heavy atom. The fourth-order valence-electron chi connectivity index (χ4n) is 9.32. The van der Waals surface area contributed by atoms with Crippen LogP contribution in [0.3, 0.4) is 0 Å². The molecule has 0 heterocycles. The lowest BCUT2D eigenvalue weighted by atomic mass is 10.1. The molecular formula is C61H106N2O8S2. The van der Waals surface area contributed by atoms with Crippen LogP contribution >= 0.6 is 0 Å². The lowest BCUT2D eigenvalue weighted by Crippen LogP contribution is -2.26. The van der Waals surface area contributed by atoms with Crippen LogP contribution in [-0.2, 0) is 19.7 Å². The van der Waals surface area contributed by atoms with Gasteiger partial charge in [-0.1, -0.05) is 259 Å². The van der Waals surface area contributed by atoms with E-state index in [-0.39, 0.29) is 21.3 Å². The highest BCUT2D eigenvalue weighted by Crippen LogP contribution is 2.35. The molecule has 0 bridgehead atoms. The summed E-state index contributed by atoms with van der Waals surface area (Å²) in [5.74, 6) is 1.21. The summed E-state index contributed by atoms with van der Waals surface area (Å²) >= 11 is 0. The van der Waals surface area contributed by atoms with Gasteiger partial charge in [0.25, 0.3) is 19.7 Å². The van der Waals surface area contributed by atoms with Crippen LogP contribution in [0, 0.1) is 0 Å². The number of ether oxygens (including phenoxy) is 4. The van der Waals surface area contributed by atoms with Crippen molar-refractivity contribution in [3.05, 3.63) is 41.9 Å². The topological polar surface area (TPSA) is 142 Å². The van der Waals surface area contributed by atoms with E-state index in [9.17, 15) is 22.4 Å². The van der Waals surface area contributed by atoms with E-state index in [0.717, 1.165) is 77.0 Å². The average molecular weight is 1060 g/mol. The SMILES string of the molecule is CCCCCCCCCCCCOc1ccc(S(=O)(=O)C(=[N+]=[N-])S(=O)(=O)c2ccc(OCCCCCCCCCCCC)c(OCCCCCCCCCCCC)c2)cc1OCCCCCCCCCCCC. The van der Waals surface area contributed by atoms with Crippen molar-refractivity contribution in [2.45, 2.75) is 294 Å². The molecule has 0 unspecified atom stereocenters. The molecule has 2 aromatic rings. The molecule has 0 atom stereocenters. The van der Waals surface area contributed by atoms with Crippen molar-refractivity contribution in [2.24, 2.45) is 0 Å². The summed E-state index contributed by atoms with van der Waals surface area (Å²) in [5.41, 5.74) is 10.3. The van der Waals surface area contributed by atoms with Crippen LogP contribution in [0.5, 0.6) is 23.0 Å². The molecule has 73 heavy (non-hydrogen) atoms. The lowest BCUT2D eigenvalue weighted by Gasteiger charge is -2.15. The molecule has 0 radical (unpaired) electrons. The molecule has 0 aliphatic heterocycles. The molecule has 2 rings (SSSR count). The zero-order valence-electron chi connectivity index (χ0n) is 47.1. The first-order valence-corrected chi connectivity index (χ1v) is 33.1. The summed E-state index contributed by atoms with van der Waals surface area (Å²) in [6.45, 7) is 10.5. The molecule has 420 valence electrons. The Bertz CT molecular complexity index is 1800. The van der Waals surface area contributed by atoms with E-state index in [2.05, 4.69) is 32.5 Å². The monoisotopic (exact) mass is 1060 g/mol. The van der Waals surface area contributed by atoms with Crippen LogP contribution < -0.4 is 18.9 Å². The summed E-state index contributed by atoms with van der Waals surface area (Å²) in [4.78, 5) is 2.22. The van der Waals surface area contributed by atoms with E-state index in [4.69, 9.17) is 18.9 Å². The second-order valence-corrected chi connectivity index (χ2v) is 24.7. The van der Waals surface area contributed by atoms with Crippen LogP contribution in [0.15, 0.2) is 46.2 Å². The second kappa shape index (κ2) is 44.1. The maximum absolute atomic E-state index is 14.3. The second-order valence-electron chi connectivity index (χ2n) is 20.7. The summed E-state index contributed by atoms with van der Waals surface area (Å²) < 4.78 is 80.6. The third-order valence-electron chi connectivity index (χ3n) is 14.0. The van der Waals surface area contributed by atoms with E-state index in [0.29, 0.717) is 37.9 Å². The van der Waals surface area contributed by atoms with Gasteiger partial charge in [-0.25, -0.2) is 16.8 Å². The van der Waals surface area contributed by atoms with Crippen molar-refractivity contribution in [1.29, 1.82) is 0 Å². The van der Waals surface area contributed by atoms with Gasteiger partial charge < -0.3 is 24.5 Å². The minimum Gasteiger partial charge on any atom is -0.490 e. The van der Waals surface area contributed by atoms with Crippen LogP contribution in [0.1, 0.15) is 285 Å². The molecule has 0 aliphatic rings. The fourth-order valence-corrected chi connectivity index (χ4v) is 12.7. The molecule has 0 aromatic heterocycles. The normalized spacial score (nSPS) is 11.7. The number of rotatable bonds is 50. The molecule has 12 heteroatoms. The smallest absolute Gasteiger partial charge is 0.490 e. The summed E-state index contributed by atoms with van der Waals surface area (Å²) in [6.07, 6.45) is 47.2. The molecule has 0 fully saturated rings. The average Bonchev–Trinajstić information content (AvgIpc) is 3.38. The van der Waals surface area contributed by atoms with Crippen molar-refractivity contribution < 1.29 is 40.6 Å². The van der Waals surface area contributed by atoms with Crippen molar-refractivity contribution in [3.63, 3.8) is 0 Å². The zero-order chi connectivity index (χ0) is 52.9. The Kier molecular flexibility index (Phi) is 39.9. The van der Waals surface area contributed by atoms with Gasteiger partial charge in [-0.2, -0.15) is 0 Å². The quantitative estimate of drug-likeness (QED) is 0.0210. The highest BCUT2D eigenvalue weighted by atomic mass is 32.3. The Hall–Kier alpha value is -3.08. The third-order valence-corrected chi connectivity index (χ3v) is 18.2. The van der Waals surface area contributed by atoms with Gasteiger partial charge in [0, 0.05) is 12.1 Å². The molecule has 0 aliphatic carbocycles. The largest absolute Gasteiger partial charge is 0.504 e. The van der Waals surface area contributed by atoms with Crippen LogP contribution in [0.4, 0.5) is 0 Å². The molecule has 10 nitrogen and oxygen atoms in total. The van der Waals surface area contributed by atoms with Crippen molar-refractivity contribution in [3.8, 4) is 23.0 Å². The Labute approximate surface area is 448 Å². The molecule has 0 N–H and O–H groups in total. The van der Waals surface area contributed by atoms with Crippen molar-refractivity contribution in [1.82, 2.24) is 0 Å². The van der Waals surface area contributed by atoms with Crippen molar-refractivity contribution in [2.75, 3.05) is 26.4 Å². The summed E-state index contributed by atoms with van der Waals surface area (Å²) in [6, 6.07) is 8.21. The number of nitrogens with zero attached hydrogens (tertiary/aromatic N) is 2. The number of sulfone groups is 2. The van der Waals surface area contributed by atoms with Gasteiger partial charge in [0.2, 0.25) is 0 Å². The van der Waals surface area contributed by atoms with Crippen LogP contribution in [0.2, 0.25) is 0 Å². The predicted molar refractivity (Wildman–Crippen MR) is 305 cm³/mol. The summed E-state index contributed by atoms with van der Waals surface area (Å²) in [7, 11) is -9.77. The standard InChI is InChI=1S/C61H106N2O8S2/c1-5-9-13-17-21-25-29-33-37-41-49-68-57-47-45-55(53-59(57)70-51-43-39-35-31-27-23-19-15-11-7-3)72(64,65)61(63-62)73(66,67)56-46-48-58(69-50-42-38-34-30-26-22-18-14-10-6-2)60(54-56)71-52-44-40-36-32-28-24-20-16-12-8-4/h45-48,53-54H,5-44,49-52H2,1-4H3. The van der Waals surface area contributed by atoms with Gasteiger partial charge in [0.1, 0.15) is 0 Å². The van der Waals surface area contributed by atoms with E-state index >= 15 is 0 Å². The predicted octanol–water partition coefficient (Wildman–Crippen LogP) is 18.7. The van der Waals surface area contributed by atoms with Gasteiger partial charge in [-0.15, -0.1) is 4.79 Å². The molecule has 0 saturated heterocycles. The fraction of sp³-hybridized carbons (Fsp3) is 0.787. The van der Waals surface area contributed by atoms with Gasteiger partial charge in [0.15, 0.2) is 23.0 Å². The van der Waals surface area contributed by atoms with E-state index in [1.165, 1.54) is 216 Å². The molecule has 0 amide bonds. The molecule has 2 aromatic carbocycles. The van der Waals surface area contributed by atoms with Crippen molar-refractivity contribution >= 4 is 24.1 Å². The van der Waals surface area contributed by atoms with Gasteiger partial charge >= 0.3 is 4.38 Å². The third kappa shape index (κ3) is 30.3. The highest BCUT2D eigenvalue weighted by molar-refractivity contribution is 8.31. The Balaban J connectivity index is 2.21. The number of benzene rings is 2. The summed E-state index contributed by atoms with van der Waals surface area (Å²) in [5, 5.41) is 0. The number of unbranched alkanes of at least 4 members (excludes halogenated alkanes) is 36. The zero-order valence-corrected chi connectivity index (χ0v) is 48.7. The first kappa shape index (κ1) is 66.0. The Morgan fingerprint density at radius 1 is 0.329 bits per heavy atom. The van der Waals surface area contributed by atoms with Gasteiger partial charge in [-0.3, -0.25) is 0 Å². The maximum atomic E-state index is 14.3. The first-order valence-electron chi connectivity index (χ1n) is 30.2. The van der Waals surface area contributed by atoms with E-state index < -0.39 is 24.1 Å². The minimum absolute atomic E-state index is 0.213. The van der Waals surface area contributed by atoms with Gasteiger partial charge in [-0.05, 0) is 49.9 Å². The number of hydrogen-bond acceptors (Lipinski definition) is 8. The minimum atomic E-state index is -4.89.